The SMILES string of the molecule is Nc1ncc(-c2cccnc2)cc1-c1nnnn1-c1c(F)cccc1F. The van der Waals surface area contributed by atoms with Crippen LogP contribution in [0.5, 0.6) is 0 Å². The number of nitrogens with zero attached hydrogens (tertiary/aromatic N) is 6. The van der Waals surface area contributed by atoms with Crippen LogP contribution >= 0.6 is 0 Å². The van der Waals surface area contributed by atoms with Crippen molar-refractivity contribution in [1.82, 2.24) is 30.2 Å². The molecule has 0 spiro atoms. The van der Waals surface area contributed by atoms with Gasteiger partial charge in [0.1, 0.15) is 11.5 Å². The molecule has 7 nitrogen and oxygen atoms in total. The Hall–Kier alpha value is -3.75. The standard InChI is InChI=1S/C17H11F2N7/c18-13-4-1-5-14(19)15(13)26-17(23-24-25-26)12-7-11(9-22-16(12)20)10-3-2-6-21-8-10/h1-9H,(H2,20,22). The van der Waals surface area contributed by atoms with Crippen LogP contribution in [0.3, 0.4) is 0 Å². The number of anilines is 1. The minimum absolute atomic E-state index is 0.0738. The number of hydrogen-bond acceptors (Lipinski definition) is 6. The Bertz CT molecular complexity index is 1060. The van der Waals surface area contributed by atoms with E-state index in [9.17, 15) is 8.78 Å². The van der Waals surface area contributed by atoms with E-state index >= 15 is 0 Å². The van der Waals surface area contributed by atoms with Crippen LogP contribution in [-0.4, -0.2) is 30.2 Å². The zero-order valence-corrected chi connectivity index (χ0v) is 13.2. The van der Waals surface area contributed by atoms with Crippen molar-refractivity contribution in [1.29, 1.82) is 0 Å². The largest absolute Gasteiger partial charge is 0.383 e. The maximum absolute atomic E-state index is 14.1. The number of nitrogens with two attached hydrogens (primary N) is 1. The molecule has 0 bridgehead atoms. The number of tetrazole rings is 1. The monoisotopic (exact) mass is 351 g/mol. The lowest BCUT2D eigenvalue weighted by molar-refractivity contribution is 0.557. The average molecular weight is 351 g/mol. The van der Waals surface area contributed by atoms with Crippen molar-refractivity contribution >= 4 is 5.82 Å². The number of halogens is 2. The van der Waals surface area contributed by atoms with E-state index in [1.807, 2.05) is 6.07 Å². The summed E-state index contributed by atoms with van der Waals surface area (Å²) in [6.07, 6.45) is 4.89. The van der Waals surface area contributed by atoms with Crippen LogP contribution < -0.4 is 5.73 Å². The number of nitrogen functional groups attached to an aromatic ring is 1. The molecule has 3 aromatic heterocycles. The Kier molecular flexibility index (Phi) is 3.81. The van der Waals surface area contributed by atoms with E-state index in [1.165, 1.54) is 6.07 Å². The number of rotatable bonds is 3. The minimum Gasteiger partial charge on any atom is -0.383 e. The van der Waals surface area contributed by atoms with Crippen LogP contribution in [0, 0.1) is 11.6 Å². The van der Waals surface area contributed by atoms with Crippen molar-refractivity contribution in [3.05, 3.63) is 66.6 Å². The van der Waals surface area contributed by atoms with Crippen molar-refractivity contribution in [3.63, 3.8) is 0 Å². The topological polar surface area (TPSA) is 95.4 Å². The fourth-order valence-corrected chi connectivity index (χ4v) is 2.54. The molecular formula is C17H11F2N7. The quantitative estimate of drug-likeness (QED) is 0.610. The van der Waals surface area contributed by atoms with Gasteiger partial charge in [-0.2, -0.15) is 4.68 Å². The molecule has 0 radical (unpaired) electrons. The third kappa shape index (κ3) is 2.65. The third-order valence-corrected chi connectivity index (χ3v) is 3.77. The highest BCUT2D eigenvalue weighted by Crippen LogP contribution is 2.30. The number of pyridine rings is 2. The van der Waals surface area contributed by atoms with Crippen molar-refractivity contribution in [2.24, 2.45) is 0 Å². The Morgan fingerprint density at radius 2 is 1.77 bits per heavy atom. The Morgan fingerprint density at radius 1 is 0.962 bits per heavy atom. The maximum atomic E-state index is 14.1. The first-order valence-corrected chi connectivity index (χ1v) is 7.54. The van der Waals surface area contributed by atoms with Gasteiger partial charge in [0.2, 0.25) is 0 Å². The van der Waals surface area contributed by atoms with Crippen LogP contribution in [-0.2, 0) is 0 Å². The molecule has 0 unspecified atom stereocenters. The van der Waals surface area contributed by atoms with Gasteiger partial charge in [-0.15, -0.1) is 5.10 Å². The summed E-state index contributed by atoms with van der Waals surface area (Å²) < 4.78 is 29.2. The molecule has 9 heteroatoms. The average Bonchev–Trinajstić information content (AvgIpc) is 3.12. The van der Waals surface area contributed by atoms with E-state index in [4.69, 9.17) is 5.73 Å². The lowest BCUT2D eigenvalue weighted by atomic mass is 10.1. The molecule has 3 heterocycles. The highest BCUT2D eigenvalue weighted by Gasteiger charge is 2.20. The smallest absolute Gasteiger partial charge is 0.191 e. The van der Waals surface area contributed by atoms with E-state index in [0.29, 0.717) is 11.1 Å². The third-order valence-electron chi connectivity index (χ3n) is 3.77. The van der Waals surface area contributed by atoms with E-state index in [0.717, 1.165) is 22.4 Å². The zero-order valence-electron chi connectivity index (χ0n) is 13.2. The van der Waals surface area contributed by atoms with E-state index in [-0.39, 0.29) is 11.6 Å². The molecule has 4 aromatic rings. The van der Waals surface area contributed by atoms with Crippen molar-refractivity contribution < 1.29 is 8.78 Å². The van der Waals surface area contributed by atoms with Crippen LogP contribution in [0.2, 0.25) is 0 Å². The molecule has 0 saturated heterocycles. The van der Waals surface area contributed by atoms with Gasteiger partial charge in [0.15, 0.2) is 17.5 Å². The lowest BCUT2D eigenvalue weighted by Crippen LogP contribution is -2.07. The predicted octanol–water partition coefficient (Wildman–Crippen LogP) is 2.65. The van der Waals surface area contributed by atoms with Gasteiger partial charge in [-0.25, -0.2) is 13.8 Å². The van der Waals surface area contributed by atoms with Gasteiger partial charge >= 0.3 is 0 Å². The summed E-state index contributed by atoms with van der Waals surface area (Å²) in [5, 5.41) is 11.1. The molecule has 0 fully saturated rings. The fourth-order valence-electron chi connectivity index (χ4n) is 2.54. The van der Waals surface area contributed by atoms with Gasteiger partial charge in [-0.05, 0) is 34.7 Å². The Morgan fingerprint density at radius 3 is 2.50 bits per heavy atom. The first-order chi connectivity index (χ1) is 12.6. The molecule has 0 amide bonds. The number of aromatic nitrogens is 6. The molecule has 128 valence electrons. The van der Waals surface area contributed by atoms with E-state index in [2.05, 4.69) is 25.5 Å². The van der Waals surface area contributed by atoms with Gasteiger partial charge < -0.3 is 5.73 Å². The summed E-state index contributed by atoms with van der Waals surface area (Å²) in [4.78, 5) is 8.21. The first kappa shape index (κ1) is 15.8. The second-order valence-electron chi connectivity index (χ2n) is 5.38. The normalized spacial score (nSPS) is 10.8. The highest BCUT2D eigenvalue weighted by molar-refractivity contribution is 5.76. The van der Waals surface area contributed by atoms with E-state index < -0.39 is 17.3 Å². The predicted molar refractivity (Wildman–Crippen MR) is 89.9 cm³/mol. The summed E-state index contributed by atoms with van der Waals surface area (Å²) in [6, 6.07) is 8.83. The fraction of sp³-hybridized carbons (Fsp3) is 0. The molecule has 1 aromatic carbocycles. The van der Waals surface area contributed by atoms with Gasteiger partial charge in [0.25, 0.3) is 0 Å². The molecule has 0 aliphatic heterocycles. The molecule has 0 saturated carbocycles. The Labute approximate surface area is 146 Å². The van der Waals surface area contributed by atoms with Gasteiger partial charge in [-0.1, -0.05) is 12.1 Å². The van der Waals surface area contributed by atoms with Gasteiger partial charge in [0, 0.05) is 29.7 Å². The van der Waals surface area contributed by atoms with Crippen molar-refractivity contribution in [3.8, 4) is 28.2 Å². The summed E-state index contributed by atoms with van der Waals surface area (Å²) >= 11 is 0. The summed E-state index contributed by atoms with van der Waals surface area (Å²) in [5.74, 6) is -1.39. The van der Waals surface area contributed by atoms with Crippen LogP contribution in [0.25, 0.3) is 28.2 Å². The van der Waals surface area contributed by atoms with Crippen molar-refractivity contribution in [2.75, 3.05) is 5.73 Å². The van der Waals surface area contributed by atoms with Crippen molar-refractivity contribution in [2.45, 2.75) is 0 Å². The van der Waals surface area contributed by atoms with Crippen LogP contribution in [0.15, 0.2) is 55.0 Å². The number of hydrogen-bond donors (Lipinski definition) is 1. The molecule has 0 atom stereocenters. The van der Waals surface area contributed by atoms with Gasteiger partial charge in [-0.3, -0.25) is 4.98 Å². The summed E-state index contributed by atoms with van der Waals surface area (Å²) in [7, 11) is 0. The second-order valence-corrected chi connectivity index (χ2v) is 5.38. The molecule has 0 aliphatic rings. The molecule has 2 N–H and O–H groups in total. The first-order valence-electron chi connectivity index (χ1n) is 7.54. The number of para-hydroxylation sites is 1. The second kappa shape index (κ2) is 6.28. The minimum atomic E-state index is -0.798. The van der Waals surface area contributed by atoms with Gasteiger partial charge in [0.05, 0.1) is 5.56 Å². The molecule has 26 heavy (non-hydrogen) atoms. The maximum Gasteiger partial charge on any atom is 0.191 e. The highest BCUT2D eigenvalue weighted by atomic mass is 19.1. The van der Waals surface area contributed by atoms with E-state index in [1.54, 1.807) is 30.7 Å². The molecular weight excluding hydrogens is 340 g/mol. The lowest BCUT2D eigenvalue weighted by Gasteiger charge is -2.10. The summed E-state index contributed by atoms with van der Waals surface area (Å²) in [5.41, 5.74) is 7.43. The molecule has 0 aliphatic carbocycles. The number of benzene rings is 1. The van der Waals surface area contributed by atoms with Crippen LogP contribution in [0.1, 0.15) is 0 Å². The van der Waals surface area contributed by atoms with Crippen LogP contribution in [0.4, 0.5) is 14.6 Å². The Balaban J connectivity index is 1.89. The molecule has 4 rings (SSSR count). The zero-order chi connectivity index (χ0) is 18.1. The summed E-state index contributed by atoms with van der Waals surface area (Å²) in [6.45, 7) is 0.